The van der Waals surface area contributed by atoms with Crippen LogP contribution >= 0.6 is 0 Å². The highest BCUT2D eigenvalue weighted by Gasteiger charge is 2.18. The Hall–Kier alpha value is -5.99. The first-order chi connectivity index (χ1) is 22.3. The number of aromatic nitrogens is 2. The van der Waals surface area contributed by atoms with Gasteiger partial charge in [0.2, 0.25) is 0 Å². The molecule has 0 bridgehead atoms. The molecular weight excluding hydrogens is 544 g/mol. The van der Waals surface area contributed by atoms with Crippen LogP contribution in [0, 0.1) is 0 Å². The van der Waals surface area contributed by atoms with E-state index in [9.17, 15) is 0 Å². The van der Waals surface area contributed by atoms with E-state index in [4.69, 9.17) is 4.98 Å². The quantitative estimate of drug-likeness (QED) is 0.192. The van der Waals surface area contributed by atoms with E-state index >= 15 is 0 Å². The second-order valence-corrected chi connectivity index (χ2v) is 11.6. The molecule has 9 aromatic rings. The van der Waals surface area contributed by atoms with Crippen LogP contribution in [0.25, 0.3) is 82.7 Å². The lowest BCUT2D eigenvalue weighted by atomic mass is 9.84. The number of fused-ring (bicyclic) bond motifs is 4. The van der Waals surface area contributed by atoms with E-state index in [1.807, 2.05) is 6.07 Å². The van der Waals surface area contributed by atoms with Gasteiger partial charge in [-0.25, -0.2) is 4.98 Å². The highest BCUT2D eigenvalue weighted by molar-refractivity contribution is 6.23. The van der Waals surface area contributed by atoms with E-state index < -0.39 is 0 Å². The molecule has 0 aliphatic carbocycles. The second kappa shape index (κ2) is 10.3. The number of benzene rings is 7. The highest BCUT2D eigenvalue weighted by atomic mass is 15.0. The normalized spacial score (nSPS) is 11.6. The van der Waals surface area contributed by atoms with Crippen LogP contribution in [0.4, 0.5) is 0 Å². The van der Waals surface area contributed by atoms with Crippen LogP contribution in [0.2, 0.25) is 0 Å². The second-order valence-electron chi connectivity index (χ2n) is 11.6. The van der Waals surface area contributed by atoms with Gasteiger partial charge in [0.15, 0.2) is 0 Å². The predicted molar refractivity (Wildman–Crippen MR) is 189 cm³/mol. The summed E-state index contributed by atoms with van der Waals surface area (Å²) >= 11 is 0. The molecule has 0 spiro atoms. The van der Waals surface area contributed by atoms with Gasteiger partial charge in [-0.2, -0.15) is 0 Å². The third-order valence-corrected chi connectivity index (χ3v) is 9.02. The summed E-state index contributed by atoms with van der Waals surface area (Å²) in [5.41, 5.74) is 10.3. The molecule has 0 unspecified atom stereocenters. The molecule has 210 valence electrons. The molecule has 2 aromatic heterocycles. The van der Waals surface area contributed by atoms with Crippen molar-refractivity contribution >= 4 is 38.0 Å². The van der Waals surface area contributed by atoms with Crippen molar-refractivity contribution in [1.29, 1.82) is 0 Å². The maximum atomic E-state index is 5.00. The monoisotopic (exact) mass is 572 g/mol. The minimum absolute atomic E-state index is 0.941. The maximum absolute atomic E-state index is 5.00. The number of imidazole rings is 1. The largest absolute Gasteiger partial charge is 0.299 e. The van der Waals surface area contributed by atoms with Gasteiger partial charge in [0.25, 0.3) is 0 Å². The van der Waals surface area contributed by atoms with Gasteiger partial charge in [0, 0.05) is 11.8 Å². The molecule has 45 heavy (non-hydrogen) atoms. The average Bonchev–Trinajstić information content (AvgIpc) is 3.56. The van der Waals surface area contributed by atoms with E-state index in [0.717, 1.165) is 22.6 Å². The Morgan fingerprint density at radius 3 is 1.64 bits per heavy atom. The molecule has 2 heteroatoms. The molecule has 0 aliphatic rings. The standard InChI is InChI=1S/C43H28N2/c1-2-13-31(14-3-1)40-22-11-23-41-44-39(28-45(40)41)30-24-26-32(27-25-30)42-35-17-6-8-19-37(35)43(38-20-9-7-18-36(38)42)34-21-10-15-29-12-4-5-16-33(29)34/h1-28H. The SMILES string of the molecule is c1ccc(-c2cccc3nc(-c4ccc(-c5c6ccccc6c(-c6cccc7ccccc67)c6ccccc56)cc4)cn23)cc1. The van der Waals surface area contributed by atoms with Crippen molar-refractivity contribution in [3.05, 3.63) is 170 Å². The molecule has 0 N–H and O–H groups in total. The Bertz CT molecular complexity index is 2460. The summed E-state index contributed by atoms with van der Waals surface area (Å²) < 4.78 is 2.19. The summed E-state index contributed by atoms with van der Waals surface area (Å²) in [6.45, 7) is 0. The molecule has 7 aromatic carbocycles. The van der Waals surface area contributed by atoms with Crippen molar-refractivity contribution in [2.24, 2.45) is 0 Å². The van der Waals surface area contributed by atoms with Gasteiger partial charge >= 0.3 is 0 Å². The summed E-state index contributed by atoms with van der Waals surface area (Å²) in [5.74, 6) is 0. The van der Waals surface area contributed by atoms with E-state index in [-0.39, 0.29) is 0 Å². The minimum Gasteiger partial charge on any atom is -0.299 e. The lowest BCUT2D eigenvalue weighted by Gasteiger charge is -2.19. The Labute approximate surface area is 261 Å². The maximum Gasteiger partial charge on any atom is 0.137 e. The fourth-order valence-corrected chi connectivity index (χ4v) is 6.97. The Kier molecular flexibility index (Phi) is 5.85. The zero-order valence-corrected chi connectivity index (χ0v) is 24.6. The lowest BCUT2D eigenvalue weighted by Crippen LogP contribution is -1.91. The number of rotatable bonds is 4. The van der Waals surface area contributed by atoms with Crippen molar-refractivity contribution in [2.75, 3.05) is 0 Å². The van der Waals surface area contributed by atoms with Gasteiger partial charge in [-0.15, -0.1) is 0 Å². The Morgan fingerprint density at radius 2 is 0.933 bits per heavy atom. The van der Waals surface area contributed by atoms with Gasteiger partial charge in [-0.3, -0.25) is 4.40 Å². The van der Waals surface area contributed by atoms with Gasteiger partial charge < -0.3 is 0 Å². The number of nitrogens with zero attached hydrogens (tertiary/aromatic N) is 2. The van der Waals surface area contributed by atoms with Crippen LogP contribution in [0.1, 0.15) is 0 Å². The third-order valence-electron chi connectivity index (χ3n) is 9.02. The number of pyridine rings is 1. The zero-order valence-electron chi connectivity index (χ0n) is 24.6. The summed E-state index contributed by atoms with van der Waals surface area (Å²) in [6, 6.07) is 58.8. The van der Waals surface area contributed by atoms with Crippen LogP contribution in [0.15, 0.2) is 170 Å². The first-order valence-corrected chi connectivity index (χ1v) is 15.4. The molecule has 0 amide bonds. The number of hydrogen-bond donors (Lipinski definition) is 0. The van der Waals surface area contributed by atoms with Crippen LogP contribution in [0.3, 0.4) is 0 Å². The van der Waals surface area contributed by atoms with Crippen molar-refractivity contribution in [2.45, 2.75) is 0 Å². The first-order valence-electron chi connectivity index (χ1n) is 15.4. The summed E-state index contributed by atoms with van der Waals surface area (Å²) in [7, 11) is 0. The van der Waals surface area contributed by atoms with Crippen LogP contribution in [-0.4, -0.2) is 9.38 Å². The number of hydrogen-bond acceptors (Lipinski definition) is 1. The topological polar surface area (TPSA) is 17.3 Å². The van der Waals surface area contributed by atoms with Gasteiger partial charge in [-0.1, -0.05) is 152 Å². The van der Waals surface area contributed by atoms with E-state index in [0.29, 0.717) is 0 Å². The van der Waals surface area contributed by atoms with Crippen molar-refractivity contribution in [3.8, 4) is 44.8 Å². The van der Waals surface area contributed by atoms with Gasteiger partial charge in [0.1, 0.15) is 5.65 Å². The predicted octanol–water partition coefficient (Wildman–Crippen LogP) is 11.5. The first kappa shape index (κ1) is 25.5. The van der Waals surface area contributed by atoms with E-state index in [2.05, 4.69) is 168 Å². The summed E-state index contributed by atoms with van der Waals surface area (Å²) in [4.78, 5) is 5.00. The summed E-state index contributed by atoms with van der Waals surface area (Å²) in [5, 5.41) is 7.57. The fourth-order valence-electron chi connectivity index (χ4n) is 6.97. The molecule has 0 aliphatic heterocycles. The molecule has 2 heterocycles. The van der Waals surface area contributed by atoms with Crippen molar-refractivity contribution < 1.29 is 0 Å². The Balaban J connectivity index is 1.22. The van der Waals surface area contributed by atoms with Crippen molar-refractivity contribution in [3.63, 3.8) is 0 Å². The van der Waals surface area contributed by atoms with E-state index in [1.54, 1.807) is 0 Å². The Morgan fingerprint density at radius 1 is 0.378 bits per heavy atom. The lowest BCUT2D eigenvalue weighted by molar-refractivity contribution is 1.19. The molecule has 0 fully saturated rings. The molecule has 0 radical (unpaired) electrons. The van der Waals surface area contributed by atoms with E-state index in [1.165, 1.54) is 60.1 Å². The van der Waals surface area contributed by atoms with Crippen LogP contribution < -0.4 is 0 Å². The molecule has 2 nitrogen and oxygen atoms in total. The summed E-state index contributed by atoms with van der Waals surface area (Å²) in [6.07, 6.45) is 2.15. The smallest absolute Gasteiger partial charge is 0.137 e. The molecule has 0 atom stereocenters. The zero-order chi connectivity index (χ0) is 29.7. The third kappa shape index (κ3) is 4.15. The minimum atomic E-state index is 0.941. The molecule has 9 rings (SSSR count). The fraction of sp³-hybridized carbons (Fsp3) is 0. The van der Waals surface area contributed by atoms with Gasteiger partial charge in [-0.05, 0) is 72.3 Å². The molecule has 0 saturated carbocycles. The van der Waals surface area contributed by atoms with Crippen LogP contribution in [-0.2, 0) is 0 Å². The van der Waals surface area contributed by atoms with Crippen LogP contribution in [0.5, 0.6) is 0 Å². The molecule has 0 saturated heterocycles. The average molecular weight is 573 g/mol. The highest BCUT2D eigenvalue weighted by Crippen LogP contribution is 2.45. The van der Waals surface area contributed by atoms with Crippen molar-refractivity contribution in [1.82, 2.24) is 9.38 Å². The van der Waals surface area contributed by atoms with Gasteiger partial charge in [0.05, 0.1) is 11.4 Å². The molecular formula is C43H28N2.